The number of ether oxygens (including phenoxy) is 2. The summed E-state index contributed by atoms with van der Waals surface area (Å²) in [7, 11) is 1.32. The van der Waals surface area contributed by atoms with Crippen molar-refractivity contribution in [2.24, 2.45) is 0 Å². The van der Waals surface area contributed by atoms with Crippen LogP contribution in [-0.2, 0) is 4.79 Å². The lowest BCUT2D eigenvalue weighted by Crippen LogP contribution is -2.44. The normalized spacial score (nSPS) is 14.6. The number of hydrogen-bond donors (Lipinski definition) is 0. The summed E-state index contributed by atoms with van der Waals surface area (Å²) >= 11 is 0. The number of methoxy groups -OCH3 is 1. The Hall–Kier alpha value is -2.25. The van der Waals surface area contributed by atoms with Gasteiger partial charge in [-0.1, -0.05) is 0 Å². The lowest BCUT2D eigenvalue weighted by atomic mass is 10.1. The molecule has 0 aliphatic carbocycles. The molecule has 0 N–H and O–H groups in total. The Morgan fingerprint density at radius 3 is 2.70 bits per heavy atom. The summed E-state index contributed by atoms with van der Waals surface area (Å²) < 4.78 is 47.5. The Labute approximate surface area is 111 Å². The molecule has 1 aromatic carbocycles. The second kappa shape index (κ2) is 5.03. The van der Waals surface area contributed by atoms with Crippen LogP contribution in [0, 0.1) is 0 Å². The van der Waals surface area contributed by atoms with E-state index in [0.29, 0.717) is 11.2 Å². The van der Waals surface area contributed by atoms with Crippen LogP contribution in [0.1, 0.15) is 10.4 Å². The Bertz CT molecular complexity index is 556. The van der Waals surface area contributed by atoms with E-state index in [-0.39, 0.29) is 22.7 Å². The number of carbonyl (C=O) groups excluding carboxylic acids is 2. The number of aldehydes is 1. The van der Waals surface area contributed by atoms with Crippen molar-refractivity contribution in [1.29, 1.82) is 0 Å². The summed E-state index contributed by atoms with van der Waals surface area (Å²) in [6, 6.07) is 2.57. The number of amides is 1. The fourth-order valence-electron chi connectivity index (χ4n) is 1.92. The van der Waals surface area contributed by atoms with Gasteiger partial charge in [-0.05, 0) is 12.1 Å². The van der Waals surface area contributed by atoms with Crippen molar-refractivity contribution in [1.82, 2.24) is 0 Å². The molecule has 8 heteroatoms. The number of fused-ring (bicyclic) bond motifs is 1. The van der Waals surface area contributed by atoms with Crippen molar-refractivity contribution in [3.63, 3.8) is 0 Å². The van der Waals surface area contributed by atoms with Crippen LogP contribution < -0.4 is 14.4 Å². The largest absolute Gasteiger partial charge is 0.496 e. The Morgan fingerprint density at radius 2 is 2.15 bits per heavy atom. The molecule has 0 saturated carbocycles. The molecule has 0 aromatic heterocycles. The zero-order chi connectivity index (χ0) is 14.9. The van der Waals surface area contributed by atoms with Crippen molar-refractivity contribution >= 4 is 17.9 Å². The van der Waals surface area contributed by atoms with Crippen molar-refractivity contribution in [2.45, 2.75) is 6.18 Å². The van der Waals surface area contributed by atoms with Crippen molar-refractivity contribution in [3.05, 3.63) is 17.7 Å². The molecular weight excluding hydrogens is 279 g/mol. The van der Waals surface area contributed by atoms with E-state index in [1.165, 1.54) is 19.2 Å². The summed E-state index contributed by atoms with van der Waals surface area (Å²) in [4.78, 5) is 23.2. The van der Waals surface area contributed by atoms with Gasteiger partial charge in [0.2, 0.25) is 0 Å². The number of alkyl halides is 3. The first-order valence-electron chi connectivity index (χ1n) is 5.53. The quantitative estimate of drug-likeness (QED) is 0.796. The first-order valence-corrected chi connectivity index (χ1v) is 5.53. The van der Waals surface area contributed by atoms with E-state index in [0.717, 1.165) is 0 Å². The molecule has 1 aromatic rings. The molecule has 0 radical (unpaired) electrons. The minimum absolute atomic E-state index is 0.0234. The highest BCUT2D eigenvalue weighted by Crippen LogP contribution is 2.40. The molecule has 0 spiro atoms. The number of carbonyl (C=O) groups is 2. The van der Waals surface area contributed by atoms with Gasteiger partial charge < -0.3 is 9.47 Å². The molecule has 20 heavy (non-hydrogen) atoms. The van der Waals surface area contributed by atoms with Gasteiger partial charge in [0.15, 0.2) is 18.6 Å². The smallest absolute Gasteiger partial charge is 0.406 e. The Morgan fingerprint density at radius 1 is 1.45 bits per heavy atom. The highest BCUT2D eigenvalue weighted by atomic mass is 19.4. The molecule has 108 valence electrons. The number of hydrogen-bond acceptors (Lipinski definition) is 4. The molecule has 2 rings (SSSR count). The first kappa shape index (κ1) is 14.2. The van der Waals surface area contributed by atoms with Gasteiger partial charge >= 0.3 is 6.18 Å². The predicted molar refractivity (Wildman–Crippen MR) is 62.3 cm³/mol. The van der Waals surface area contributed by atoms with E-state index in [1.54, 1.807) is 0 Å². The maximum Gasteiger partial charge on any atom is 0.406 e. The number of benzene rings is 1. The zero-order valence-corrected chi connectivity index (χ0v) is 10.4. The predicted octanol–water partition coefficient (Wildman–Crippen LogP) is 1.80. The van der Waals surface area contributed by atoms with E-state index in [4.69, 9.17) is 9.47 Å². The molecule has 0 saturated heterocycles. The average molecular weight is 289 g/mol. The molecule has 5 nitrogen and oxygen atoms in total. The number of halogens is 3. The molecule has 1 aliphatic rings. The monoisotopic (exact) mass is 289 g/mol. The summed E-state index contributed by atoms with van der Waals surface area (Å²) in [6.45, 7) is -2.00. The van der Waals surface area contributed by atoms with Gasteiger partial charge in [0.1, 0.15) is 17.9 Å². The van der Waals surface area contributed by atoms with Gasteiger partial charge in [-0.3, -0.25) is 14.5 Å². The van der Waals surface area contributed by atoms with Gasteiger partial charge in [0, 0.05) is 0 Å². The van der Waals surface area contributed by atoms with Gasteiger partial charge in [-0.15, -0.1) is 0 Å². The van der Waals surface area contributed by atoms with Crippen LogP contribution in [0.25, 0.3) is 0 Å². The lowest BCUT2D eigenvalue weighted by molar-refractivity contribution is -0.134. The van der Waals surface area contributed by atoms with Crippen LogP contribution in [0.4, 0.5) is 18.9 Å². The average Bonchev–Trinajstić information content (AvgIpc) is 2.39. The molecule has 1 amide bonds. The Balaban J connectivity index is 2.51. The fraction of sp³-hybridized carbons (Fsp3) is 0.333. The second-order valence-electron chi connectivity index (χ2n) is 4.03. The topological polar surface area (TPSA) is 55.8 Å². The maximum absolute atomic E-state index is 12.5. The van der Waals surface area contributed by atoms with Crippen LogP contribution in [0.5, 0.6) is 11.5 Å². The third kappa shape index (κ3) is 2.54. The summed E-state index contributed by atoms with van der Waals surface area (Å²) in [6.07, 6.45) is -4.13. The lowest BCUT2D eigenvalue weighted by Gasteiger charge is -2.31. The minimum Gasteiger partial charge on any atom is -0.496 e. The minimum atomic E-state index is -4.55. The van der Waals surface area contributed by atoms with Crippen LogP contribution in [0.15, 0.2) is 12.1 Å². The maximum atomic E-state index is 12.5. The van der Waals surface area contributed by atoms with Crippen LogP contribution in [0.2, 0.25) is 0 Å². The number of rotatable bonds is 3. The second-order valence-corrected chi connectivity index (χ2v) is 4.03. The third-order valence-electron chi connectivity index (χ3n) is 2.74. The Kier molecular flexibility index (Phi) is 3.56. The molecule has 1 heterocycles. The number of nitrogens with zero attached hydrogens (tertiary/aromatic N) is 1. The van der Waals surface area contributed by atoms with Crippen LogP contribution >= 0.6 is 0 Å². The summed E-state index contributed by atoms with van der Waals surface area (Å²) in [5.41, 5.74) is -0.119. The van der Waals surface area contributed by atoms with E-state index >= 15 is 0 Å². The van der Waals surface area contributed by atoms with Crippen molar-refractivity contribution in [2.75, 3.05) is 25.2 Å². The van der Waals surface area contributed by atoms with E-state index in [1.807, 2.05) is 0 Å². The molecule has 0 fully saturated rings. The van der Waals surface area contributed by atoms with E-state index in [2.05, 4.69) is 0 Å². The first-order chi connectivity index (χ1) is 9.37. The van der Waals surface area contributed by atoms with E-state index in [9.17, 15) is 22.8 Å². The van der Waals surface area contributed by atoms with Gasteiger partial charge in [-0.2, -0.15) is 13.2 Å². The zero-order valence-electron chi connectivity index (χ0n) is 10.4. The molecule has 0 bridgehead atoms. The standard InChI is InChI=1S/C12H10F3NO4/c1-19-9-3-2-8-11(7(9)4-17)20-5-10(18)16(8)6-12(13,14)15/h2-4H,5-6H2,1H3. The van der Waals surface area contributed by atoms with Crippen LogP contribution in [-0.4, -0.2) is 38.6 Å². The van der Waals surface area contributed by atoms with Crippen molar-refractivity contribution < 1.29 is 32.2 Å². The highest BCUT2D eigenvalue weighted by molar-refractivity contribution is 6.01. The summed E-state index contributed by atoms with van der Waals surface area (Å²) in [5, 5.41) is 0. The molecule has 1 aliphatic heterocycles. The molecular formula is C12H10F3NO4. The third-order valence-corrected chi connectivity index (χ3v) is 2.74. The SMILES string of the molecule is COc1ccc2c(c1C=O)OCC(=O)N2CC(F)(F)F. The molecule has 0 unspecified atom stereocenters. The highest BCUT2D eigenvalue weighted by Gasteiger charge is 2.38. The fourth-order valence-corrected chi connectivity index (χ4v) is 1.92. The van der Waals surface area contributed by atoms with Gasteiger partial charge in [0.05, 0.1) is 12.8 Å². The van der Waals surface area contributed by atoms with Gasteiger partial charge in [-0.25, -0.2) is 0 Å². The van der Waals surface area contributed by atoms with Crippen LogP contribution in [0.3, 0.4) is 0 Å². The number of anilines is 1. The van der Waals surface area contributed by atoms with E-state index < -0.39 is 25.2 Å². The van der Waals surface area contributed by atoms with Crippen molar-refractivity contribution in [3.8, 4) is 11.5 Å². The summed E-state index contributed by atoms with van der Waals surface area (Å²) in [5.74, 6) is -0.736. The van der Waals surface area contributed by atoms with Gasteiger partial charge in [0.25, 0.3) is 5.91 Å². The molecule has 0 atom stereocenters.